The molecule has 0 saturated heterocycles. The number of nitrogens with one attached hydrogen (secondary N) is 1. The third-order valence-corrected chi connectivity index (χ3v) is 13.6. The van der Waals surface area contributed by atoms with Crippen molar-refractivity contribution in [3.8, 4) is 0 Å². The highest BCUT2D eigenvalue weighted by atomic mass is 16.5. The number of amides is 1. The minimum Gasteiger partial charge on any atom is -0.466 e. The predicted octanol–water partition coefficient (Wildman–Crippen LogP) is 18.4. The fraction of sp³-hybridized carbons (Fsp3) is 0.869. The molecular weight excluding hydrogens is 827 g/mol. The highest BCUT2D eigenvalue weighted by Gasteiger charge is 2.18. The Kier molecular flexibility index (Phi) is 55.0. The minimum absolute atomic E-state index is 0.00284. The van der Waals surface area contributed by atoms with Gasteiger partial charge in [0.2, 0.25) is 5.91 Å². The Morgan fingerprint density at radius 1 is 0.418 bits per heavy atom. The Morgan fingerprint density at radius 3 is 1.19 bits per heavy atom. The van der Waals surface area contributed by atoms with Crippen molar-refractivity contribution in [3.05, 3.63) is 36.5 Å². The molecule has 2 atom stereocenters. The topological polar surface area (TPSA) is 95.9 Å². The van der Waals surface area contributed by atoms with E-state index in [-0.39, 0.29) is 18.5 Å². The van der Waals surface area contributed by atoms with Crippen molar-refractivity contribution >= 4 is 11.9 Å². The first kappa shape index (κ1) is 65.1. The van der Waals surface area contributed by atoms with Gasteiger partial charge in [0.1, 0.15) is 0 Å². The van der Waals surface area contributed by atoms with Gasteiger partial charge in [-0.25, -0.2) is 0 Å². The molecule has 6 nitrogen and oxygen atoms in total. The van der Waals surface area contributed by atoms with E-state index in [1.165, 1.54) is 238 Å². The molecule has 0 aromatic rings. The highest BCUT2D eigenvalue weighted by molar-refractivity contribution is 5.76. The summed E-state index contributed by atoms with van der Waals surface area (Å²) in [4.78, 5) is 24.5. The Hall–Kier alpha value is -1.92. The lowest BCUT2D eigenvalue weighted by molar-refractivity contribution is -0.143. The number of allylic oxidation sites excluding steroid dienone is 5. The molecule has 0 fully saturated rings. The summed E-state index contributed by atoms with van der Waals surface area (Å²) in [6, 6.07) is -0.628. The molecule has 67 heavy (non-hydrogen) atoms. The number of carbonyl (C=O) groups excluding carboxylic acids is 2. The van der Waals surface area contributed by atoms with Crippen LogP contribution in [0.15, 0.2) is 36.5 Å². The molecule has 0 radical (unpaired) electrons. The van der Waals surface area contributed by atoms with Crippen molar-refractivity contribution in [2.24, 2.45) is 0 Å². The maximum absolute atomic E-state index is 12.5. The highest BCUT2D eigenvalue weighted by Crippen LogP contribution is 2.17. The smallest absolute Gasteiger partial charge is 0.305 e. The average Bonchev–Trinajstić information content (AvgIpc) is 3.33. The van der Waals surface area contributed by atoms with Gasteiger partial charge in [-0.15, -0.1) is 0 Å². The van der Waals surface area contributed by atoms with Crippen LogP contribution in [0.4, 0.5) is 0 Å². The molecule has 0 aliphatic heterocycles. The number of ether oxygens (including phenoxy) is 1. The summed E-state index contributed by atoms with van der Waals surface area (Å²) in [5.74, 6) is -0.0703. The summed E-state index contributed by atoms with van der Waals surface area (Å²) in [5.41, 5.74) is 0. The Morgan fingerprint density at radius 2 is 0.776 bits per heavy atom. The van der Waals surface area contributed by atoms with Gasteiger partial charge in [0, 0.05) is 12.8 Å². The zero-order chi connectivity index (χ0) is 48.6. The molecule has 6 heteroatoms. The van der Waals surface area contributed by atoms with Crippen LogP contribution in [0.2, 0.25) is 0 Å². The third-order valence-electron chi connectivity index (χ3n) is 13.6. The molecular formula is C61H115NO5. The van der Waals surface area contributed by atoms with Crippen LogP contribution in [0.25, 0.3) is 0 Å². The molecule has 394 valence electrons. The fourth-order valence-electron chi connectivity index (χ4n) is 9.08. The summed E-state index contributed by atoms with van der Waals surface area (Å²) in [6.45, 7) is 4.84. The SMILES string of the molecule is CCC/C=C\C/C=C\CCCCCCCC(=O)OCCCCCCCCCCCCCCCCCCCCCCCCC(=O)NC(CO)C(O)/C=C/CCCCCCCCCCCCCCC. The predicted molar refractivity (Wildman–Crippen MR) is 292 cm³/mol. The maximum Gasteiger partial charge on any atom is 0.305 e. The summed E-state index contributed by atoms with van der Waals surface area (Å²) >= 11 is 0. The number of rotatable bonds is 55. The molecule has 1 amide bonds. The molecule has 0 aliphatic carbocycles. The number of hydrogen-bond acceptors (Lipinski definition) is 5. The van der Waals surface area contributed by atoms with Crippen molar-refractivity contribution in [1.29, 1.82) is 0 Å². The number of unbranched alkanes of at least 4 members (excludes halogenated alkanes) is 40. The number of carbonyl (C=O) groups is 2. The van der Waals surface area contributed by atoms with E-state index in [4.69, 9.17) is 4.74 Å². The lowest BCUT2D eigenvalue weighted by Crippen LogP contribution is -2.45. The van der Waals surface area contributed by atoms with Gasteiger partial charge >= 0.3 is 5.97 Å². The molecule has 0 heterocycles. The number of esters is 1. The molecule has 2 unspecified atom stereocenters. The number of aliphatic hydroxyl groups excluding tert-OH is 2. The lowest BCUT2D eigenvalue weighted by Gasteiger charge is -2.20. The molecule has 0 aromatic heterocycles. The second kappa shape index (κ2) is 56.7. The summed E-state index contributed by atoms with van der Waals surface area (Å²) in [5, 5.41) is 23.1. The first-order valence-electron chi connectivity index (χ1n) is 29.8. The monoisotopic (exact) mass is 942 g/mol. The van der Waals surface area contributed by atoms with Crippen LogP contribution < -0.4 is 5.32 Å². The van der Waals surface area contributed by atoms with E-state index in [1.54, 1.807) is 6.08 Å². The van der Waals surface area contributed by atoms with Crippen LogP contribution >= 0.6 is 0 Å². The van der Waals surface area contributed by atoms with E-state index in [1.807, 2.05) is 6.08 Å². The van der Waals surface area contributed by atoms with E-state index in [9.17, 15) is 19.8 Å². The van der Waals surface area contributed by atoms with Gasteiger partial charge in [0.15, 0.2) is 0 Å². The zero-order valence-corrected chi connectivity index (χ0v) is 44.9. The van der Waals surface area contributed by atoms with Gasteiger partial charge in [-0.2, -0.15) is 0 Å². The van der Waals surface area contributed by atoms with Crippen LogP contribution in [0.1, 0.15) is 316 Å². The fourth-order valence-corrected chi connectivity index (χ4v) is 9.08. The van der Waals surface area contributed by atoms with Crippen LogP contribution in [0, 0.1) is 0 Å². The van der Waals surface area contributed by atoms with Gasteiger partial charge in [-0.1, -0.05) is 281 Å². The van der Waals surface area contributed by atoms with Crippen LogP contribution in [-0.2, 0) is 14.3 Å². The Labute approximate surface area is 417 Å². The molecule has 0 bridgehead atoms. The van der Waals surface area contributed by atoms with Gasteiger partial charge in [-0.3, -0.25) is 9.59 Å². The number of hydrogen-bond donors (Lipinski definition) is 3. The van der Waals surface area contributed by atoms with E-state index < -0.39 is 12.1 Å². The van der Waals surface area contributed by atoms with E-state index in [0.29, 0.717) is 19.4 Å². The van der Waals surface area contributed by atoms with Crippen LogP contribution in [0.5, 0.6) is 0 Å². The van der Waals surface area contributed by atoms with E-state index >= 15 is 0 Å². The molecule has 0 aliphatic rings. The van der Waals surface area contributed by atoms with Crippen molar-refractivity contribution in [2.75, 3.05) is 13.2 Å². The summed E-state index contributed by atoms with van der Waals surface area (Å²) in [7, 11) is 0. The van der Waals surface area contributed by atoms with Crippen molar-refractivity contribution < 1.29 is 24.5 Å². The number of aliphatic hydroxyl groups is 2. The van der Waals surface area contributed by atoms with Gasteiger partial charge < -0.3 is 20.3 Å². The van der Waals surface area contributed by atoms with E-state index in [2.05, 4.69) is 43.5 Å². The quantitative estimate of drug-likeness (QED) is 0.0321. The molecule has 0 aromatic carbocycles. The van der Waals surface area contributed by atoms with Gasteiger partial charge in [0.05, 0.1) is 25.4 Å². The first-order chi connectivity index (χ1) is 33.0. The average molecular weight is 943 g/mol. The largest absolute Gasteiger partial charge is 0.466 e. The lowest BCUT2D eigenvalue weighted by atomic mass is 10.0. The second-order valence-corrected chi connectivity index (χ2v) is 20.3. The Bertz CT molecular complexity index is 1090. The molecule has 3 N–H and O–H groups in total. The normalized spacial score (nSPS) is 12.8. The van der Waals surface area contributed by atoms with Gasteiger partial charge in [-0.05, 0) is 57.8 Å². The molecule has 0 spiro atoms. The summed E-state index contributed by atoms with van der Waals surface area (Å²) in [6.07, 6.45) is 70.3. The Balaban J connectivity index is 3.41. The molecule has 0 saturated carbocycles. The third kappa shape index (κ3) is 53.3. The van der Waals surface area contributed by atoms with Crippen LogP contribution in [-0.4, -0.2) is 47.4 Å². The first-order valence-corrected chi connectivity index (χ1v) is 29.8. The van der Waals surface area contributed by atoms with Crippen LogP contribution in [0.3, 0.4) is 0 Å². The minimum atomic E-state index is -0.844. The molecule has 0 rings (SSSR count). The van der Waals surface area contributed by atoms with E-state index in [0.717, 1.165) is 51.4 Å². The maximum atomic E-state index is 12.5. The second-order valence-electron chi connectivity index (χ2n) is 20.3. The summed E-state index contributed by atoms with van der Waals surface area (Å²) < 4.78 is 5.47. The standard InChI is InChI=1S/C61H115NO5/c1-3-5-7-9-11-13-15-17-26-30-33-37-41-45-49-53-59(64)58(57-63)62-60(65)54-50-46-42-38-34-31-27-24-22-20-18-19-21-23-25-28-32-36-40-44-48-52-56-67-61(66)55-51-47-43-39-35-29-16-14-12-10-8-6-4-2/h8,10,14,16,49,53,58-59,63-64H,3-7,9,11-13,15,17-48,50-52,54-57H2,1-2H3,(H,62,65)/b10-8-,16-14-,53-49+. The van der Waals surface area contributed by atoms with Crippen molar-refractivity contribution in [3.63, 3.8) is 0 Å². The van der Waals surface area contributed by atoms with Crippen molar-refractivity contribution in [1.82, 2.24) is 5.32 Å². The zero-order valence-electron chi connectivity index (χ0n) is 44.9. The van der Waals surface area contributed by atoms with Crippen molar-refractivity contribution in [2.45, 2.75) is 328 Å². The van der Waals surface area contributed by atoms with Gasteiger partial charge in [0.25, 0.3) is 0 Å².